The molecule has 0 bridgehead atoms. The third kappa shape index (κ3) is 2.54. The van der Waals surface area contributed by atoms with Crippen LogP contribution in [-0.4, -0.2) is 22.9 Å². The molecule has 94 valence electrons. The Bertz CT molecular complexity index is 458. The van der Waals surface area contributed by atoms with E-state index in [0.717, 1.165) is 24.7 Å². The molecule has 1 unspecified atom stereocenters. The molecule has 0 aromatic carbocycles. The largest absolute Gasteiger partial charge is 0.369 e. The van der Waals surface area contributed by atoms with Crippen LogP contribution in [0.4, 0.5) is 5.69 Å². The van der Waals surface area contributed by atoms with E-state index in [1.54, 1.807) is 13.2 Å². The van der Waals surface area contributed by atoms with Crippen LogP contribution in [0.2, 0.25) is 0 Å². The van der Waals surface area contributed by atoms with Gasteiger partial charge in [0.25, 0.3) is 5.56 Å². The SMILES string of the molecule is CCC1CCCN(c2cnn(C)c(=O)c2Br)C1. The number of nitrogens with zero attached hydrogens (tertiary/aromatic N) is 3. The van der Waals surface area contributed by atoms with Crippen LogP contribution < -0.4 is 10.5 Å². The van der Waals surface area contributed by atoms with E-state index < -0.39 is 0 Å². The molecule has 1 aliphatic rings. The Balaban J connectivity index is 2.28. The van der Waals surface area contributed by atoms with E-state index in [4.69, 9.17) is 0 Å². The van der Waals surface area contributed by atoms with Gasteiger partial charge in [0.15, 0.2) is 0 Å². The van der Waals surface area contributed by atoms with Crippen LogP contribution >= 0.6 is 15.9 Å². The fraction of sp³-hybridized carbons (Fsp3) is 0.667. The van der Waals surface area contributed by atoms with Gasteiger partial charge in [-0.3, -0.25) is 4.79 Å². The number of halogens is 1. The number of aryl methyl sites for hydroxylation is 1. The van der Waals surface area contributed by atoms with Gasteiger partial charge in [0, 0.05) is 20.1 Å². The summed E-state index contributed by atoms with van der Waals surface area (Å²) in [5.74, 6) is 0.736. The Hall–Kier alpha value is -0.840. The van der Waals surface area contributed by atoms with Gasteiger partial charge in [-0.15, -0.1) is 0 Å². The first kappa shape index (κ1) is 12.6. The molecule has 4 nitrogen and oxygen atoms in total. The number of anilines is 1. The zero-order valence-electron chi connectivity index (χ0n) is 10.3. The molecule has 17 heavy (non-hydrogen) atoms. The maximum absolute atomic E-state index is 11.8. The summed E-state index contributed by atoms with van der Waals surface area (Å²) in [5.41, 5.74) is 0.868. The second-order valence-corrected chi connectivity index (χ2v) is 5.43. The highest BCUT2D eigenvalue weighted by molar-refractivity contribution is 9.10. The summed E-state index contributed by atoms with van der Waals surface area (Å²) >= 11 is 3.39. The molecule has 0 amide bonds. The van der Waals surface area contributed by atoms with Crippen LogP contribution in [0.25, 0.3) is 0 Å². The Morgan fingerprint density at radius 3 is 3.06 bits per heavy atom. The van der Waals surface area contributed by atoms with Crippen LogP contribution in [0.1, 0.15) is 26.2 Å². The molecule has 0 aliphatic carbocycles. The lowest BCUT2D eigenvalue weighted by Gasteiger charge is -2.34. The summed E-state index contributed by atoms with van der Waals surface area (Å²) in [6.07, 6.45) is 5.47. The topological polar surface area (TPSA) is 38.1 Å². The standard InChI is InChI=1S/C12H18BrN3O/c1-3-9-5-4-6-16(8-9)10-7-14-15(2)12(17)11(10)13/h7,9H,3-6,8H2,1-2H3. The average molecular weight is 300 g/mol. The molecule has 2 heterocycles. The zero-order valence-corrected chi connectivity index (χ0v) is 11.9. The van der Waals surface area contributed by atoms with Crippen molar-refractivity contribution in [3.05, 3.63) is 21.0 Å². The molecule has 1 saturated heterocycles. The quantitative estimate of drug-likeness (QED) is 0.840. The minimum atomic E-state index is -0.0684. The van der Waals surface area contributed by atoms with Gasteiger partial charge >= 0.3 is 0 Å². The Morgan fingerprint density at radius 1 is 1.59 bits per heavy atom. The molecule has 0 radical (unpaired) electrons. The van der Waals surface area contributed by atoms with Crippen LogP contribution in [0, 0.1) is 5.92 Å². The molecule has 1 aliphatic heterocycles. The maximum atomic E-state index is 11.8. The van der Waals surface area contributed by atoms with Gasteiger partial charge in [0.2, 0.25) is 0 Å². The highest BCUT2D eigenvalue weighted by atomic mass is 79.9. The minimum Gasteiger partial charge on any atom is -0.369 e. The molecular formula is C12H18BrN3O. The van der Waals surface area contributed by atoms with Crippen molar-refractivity contribution in [3.8, 4) is 0 Å². The number of piperidine rings is 1. The Kier molecular flexibility index (Phi) is 3.86. The number of aromatic nitrogens is 2. The van der Waals surface area contributed by atoms with Crippen LogP contribution in [0.3, 0.4) is 0 Å². The van der Waals surface area contributed by atoms with E-state index in [2.05, 4.69) is 32.9 Å². The predicted octanol–water partition coefficient (Wildman–Crippen LogP) is 2.17. The molecule has 1 fully saturated rings. The monoisotopic (exact) mass is 299 g/mol. The first-order valence-corrected chi connectivity index (χ1v) is 6.89. The molecule has 1 atom stereocenters. The van der Waals surface area contributed by atoms with Crippen molar-refractivity contribution in [2.24, 2.45) is 13.0 Å². The molecule has 2 rings (SSSR count). The van der Waals surface area contributed by atoms with E-state index >= 15 is 0 Å². The Labute approximate surface area is 110 Å². The smallest absolute Gasteiger partial charge is 0.282 e. The fourth-order valence-electron chi connectivity index (χ4n) is 2.34. The van der Waals surface area contributed by atoms with Crippen molar-refractivity contribution >= 4 is 21.6 Å². The first-order chi connectivity index (χ1) is 8.13. The van der Waals surface area contributed by atoms with Gasteiger partial charge in [-0.25, -0.2) is 4.68 Å². The molecule has 0 spiro atoms. The predicted molar refractivity (Wildman–Crippen MR) is 72.4 cm³/mol. The van der Waals surface area contributed by atoms with Gasteiger partial charge < -0.3 is 4.90 Å². The molecular weight excluding hydrogens is 282 g/mol. The van der Waals surface area contributed by atoms with E-state index in [-0.39, 0.29) is 5.56 Å². The van der Waals surface area contributed by atoms with Crippen molar-refractivity contribution in [1.29, 1.82) is 0 Å². The van der Waals surface area contributed by atoms with Gasteiger partial charge in [-0.05, 0) is 34.7 Å². The lowest BCUT2D eigenvalue weighted by molar-refractivity contribution is 0.404. The zero-order chi connectivity index (χ0) is 12.4. The van der Waals surface area contributed by atoms with Crippen molar-refractivity contribution < 1.29 is 0 Å². The third-order valence-corrected chi connectivity index (χ3v) is 4.24. The van der Waals surface area contributed by atoms with Crippen molar-refractivity contribution in [3.63, 3.8) is 0 Å². The summed E-state index contributed by atoms with van der Waals surface area (Å²) in [5, 5.41) is 4.10. The first-order valence-electron chi connectivity index (χ1n) is 6.10. The van der Waals surface area contributed by atoms with E-state index in [0.29, 0.717) is 4.47 Å². The summed E-state index contributed by atoms with van der Waals surface area (Å²) < 4.78 is 1.99. The number of rotatable bonds is 2. The average Bonchev–Trinajstić information content (AvgIpc) is 2.36. The maximum Gasteiger partial charge on any atom is 0.282 e. The van der Waals surface area contributed by atoms with Crippen LogP contribution in [0.15, 0.2) is 15.5 Å². The summed E-state index contributed by atoms with van der Waals surface area (Å²) in [7, 11) is 1.67. The second-order valence-electron chi connectivity index (χ2n) is 4.64. The summed E-state index contributed by atoms with van der Waals surface area (Å²) in [6, 6.07) is 0. The van der Waals surface area contributed by atoms with Crippen molar-refractivity contribution in [1.82, 2.24) is 9.78 Å². The van der Waals surface area contributed by atoms with Crippen molar-refractivity contribution in [2.45, 2.75) is 26.2 Å². The molecule has 1 aromatic rings. The number of hydrogen-bond acceptors (Lipinski definition) is 3. The number of hydrogen-bond donors (Lipinski definition) is 0. The second kappa shape index (κ2) is 5.21. The highest BCUT2D eigenvalue weighted by Gasteiger charge is 2.21. The van der Waals surface area contributed by atoms with Gasteiger partial charge in [-0.2, -0.15) is 5.10 Å². The van der Waals surface area contributed by atoms with Gasteiger partial charge in [0.1, 0.15) is 4.47 Å². The lowest BCUT2D eigenvalue weighted by Crippen LogP contribution is -2.37. The van der Waals surface area contributed by atoms with E-state index in [1.165, 1.54) is 23.9 Å². The minimum absolute atomic E-state index is 0.0684. The van der Waals surface area contributed by atoms with E-state index in [9.17, 15) is 4.79 Å². The van der Waals surface area contributed by atoms with Crippen LogP contribution in [-0.2, 0) is 7.05 Å². The van der Waals surface area contributed by atoms with Gasteiger partial charge in [0.05, 0.1) is 11.9 Å². The molecule has 5 heteroatoms. The van der Waals surface area contributed by atoms with Crippen molar-refractivity contribution in [2.75, 3.05) is 18.0 Å². The molecule has 0 saturated carbocycles. The highest BCUT2D eigenvalue weighted by Crippen LogP contribution is 2.27. The third-order valence-electron chi connectivity index (χ3n) is 3.50. The van der Waals surface area contributed by atoms with Crippen LogP contribution in [0.5, 0.6) is 0 Å². The normalized spacial score (nSPS) is 20.6. The van der Waals surface area contributed by atoms with Gasteiger partial charge in [-0.1, -0.05) is 13.3 Å². The Morgan fingerprint density at radius 2 is 2.35 bits per heavy atom. The van der Waals surface area contributed by atoms with E-state index in [1.807, 2.05) is 0 Å². The summed E-state index contributed by atoms with van der Waals surface area (Å²) in [6.45, 7) is 4.28. The fourth-order valence-corrected chi connectivity index (χ4v) is 2.95. The molecule has 0 N–H and O–H groups in total. The molecule has 1 aromatic heterocycles. The summed E-state index contributed by atoms with van der Waals surface area (Å²) in [4.78, 5) is 14.1. The lowest BCUT2D eigenvalue weighted by atomic mass is 9.95.